The molecular formula is C10H14O5. The van der Waals surface area contributed by atoms with Crippen molar-refractivity contribution in [1.82, 2.24) is 0 Å². The van der Waals surface area contributed by atoms with E-state index in [4.69, 9.17) is 19.4 Å². The molecule has 0 fully saturated rings. The lowest BCUT2D eigenvalue weighted by Crippen LogP contribution is -2.09. The third-order valence-corrected chi connectivity index (χ3v) is 1.82. The molecule has 5 nitrogen and oxygen atoms in total. The molecule has 0 aromatic carbocycles. The first-order chi connectivity index (χ1) is 7.27. The van der Waals surface area contributed by atoms with Gasteiger partial charge in [0, 0.05) is 12.7 Å². The lowest BCUT2D eigenvalue weighted by atomic mass is 10.3. The molecule has 0 saturated heterocycles. The Morgan fingerprint density at radius 1 is 1.33 bits per heavy atom. The van der Waals surface area contributed by atoms with Gasteiger partial charge < -0.3 is 19.4 Å². The molecule has 0 aliphatic heterocycles. The van der Waals surface area contributed by atoms with Crippen molar-refractivity contribution in [3.05, 3.63) is 28.3 Å². The minimum absolute atomic E-state index is 0.113. The summed E-state index contributed by atoms with van der Waals surface area (Å²) < 4.78 is 10.1. The Balaban J connectivity index is 2.51. The molecule has 0 radical (unpaired) electrons. The van der Waals surface area contributed by atoms with Crippen molar-refractivity contribution in [2.45, 2.75) is 19.4 Å². The van der Waals surface area contributed by atoms with Gasteiger partial charge in [0.15, 0.2) is 0 Å². The molecule has 0 spiro atoms. The van der Waals surface area contributed by atoms with E-state index in [9.17, 15) is 4.79 Å². The van der Waals surface area contributed by atoms with Crippen LogP contribution >= 0.6 is 0 Å². The molecule has 1 aromatic heterocycles. The third kappa shape index (κ3) is 3.73. The lowest BCUT2D eigenvalue weighted by Gasteiger charge is -2.04. The fourth-order valence-electron chi connectivity index (χ4n) is 1.02. The van der Waals surface area contributed by atoms with E-state index in [1.54, 1.807) is 0 Å². The molecule has 0 saturated carbocycles. The second-order valence-electron chi connectivity index (χ2n) is 3.01. The highest BCUT2D eigenvalue weighted by atomic mass is 16.5. The minimum atomic E-state index is -0.311. The van der Waals surface area contributed by atoms with E-state index in [1.165, 1.54) is 12.3 Å². The van der Waals surface area contributed by atoms with Crippen molar-refractivity contribution >= 4 is 0 Å². The molecule has 0 amide bonds. The summed E-state index contributed by atoms with van der Waals surface area (Å²) in [6.07, 6.45) is 2.50. The fraction of sp³-hybridized carbons (Fsp3) is 0.500. The molecule has 0 aliphatic carbocycles. The van der Waals surface area contributed by atoms with Gasteiger partial charge in [-0.15, -0.1) is 0 Å². The Morgan fingerprint density at radius 3 is 2.73 bits per heavy atom. The Bertz CT molecular complexity index is 344. The van der Waals surface area contributed by atoms with Gasteiger partial charge in [-0.2, -0.15) is 0 Å². The highest BCUT2D eigenvalue weighted by Gasteiger charge is 2.03. The van der Waals surface area contributed by atoms with Crippen molar-refractivity contribution in [3.63, 3.8) is 0 Å². The summed E-state index contributed by atoms with van der Waals surface area (Å²) in [4.78, 5) is 11.3. The van der Waals surface area contributed by atoms with Crippen LogP contribution in [0.4, 0.5) is 0 Å². The molecule has 0 unspecified atom stereocenters. The second-order valence-corrected chi connectivity index (χ2v) is 3.01. The van der Waals surface area contributed by atoms with E-state index in [0.717, 1.165) is 0 Å². The average molecular weight is 214 g/mol. The lowest BCUT2D eigenvalue weighted by molar-refractivity contribution is 0.232. The summed E-state index contributed by atoms with van der Waals surface area (Å²) in [6, 6.07) is 1.20. The highest BCUT2D eigenvalue weighted by Crippen LogP contribution is 2.06. The van der Waals surface area contributed by atoms with Crippen LogP contribution in [0.2, 0.25) is 0 Å². The number of hydrogen-bond donors (Lipinski definition) is 2. The standard InChI is InChI=1S/C10H14O5/c11-3-1-2-4-14-10-7-15-8(6-12)5-9(10)13/h5,7,11-12H,1-4,6H2. The SMILES string of the molecule is O=c1cc(CO)occ1OCCCCO. The van der Waals surface area contributed by atoms with Crippen molar-refractivity contribution in [1.29, 1.82) is 0 Å². The smallest absolute Gasteiger partial charge is 0.227 e. The fourth-order valence-corrected chi connectivity index (χ4v) is 1.02. The zero-order valence-corrected chi connectivity index (χ0v) is 8.31. The zero-order valence-electron chi connectivity index (χ0n) is 8.31. The summed E-state index contributed by atoms with van der Waals surface area (Å²) in [6.45, 7) is 0.172. The molecule has 0 bridgehead atoms. The van der Waals surface area contributed by atoms with Crippen LogP contribution < -0.4 is 10.2 Å². The molecule has 2 N–H and O–H groups in total. The van der Waals surface area contributed by atoms with Crippen molar-refractivity contribution in [2.24, 2.45) is 0 Å². The quantitative estimate of drug-likeness (QED) is 0.665. The van der Waals surface area contributed by atoms with Gasteiger partial charge in [-0.05, 0) is 12.8 Å². The number of aliphatic hydroxyl groups excluding tert-OH is 2. The van der Waals surface area contributed by atoms with E-state index >= 15 is 0 Å². The van der Waals surface area contributed by atoms with E-state index < -0.39 is 0 Å². The van der Waals surface area contributed by atoms with Gasteiger partial charge in [-0.25, -0.2) is 0 Å². The topological polar surface area (TPSA) is 79.9 Å². The van der Waals surface area contributed by atoms with Crippen LogP contribution in [0.15, 0.2) is 21.5 Å². The number of hydrogen-bond acceptors (Lipinski definition) is 5. The Morgan fingerprint density at radius 2 is 2.13 bits per heavy atom. The van der Waals surface area contributed by atoms with Gasteiger partial charge in [0.2, 0.25) is 11.2 Å². The summed E-state index contributed by atoms with van der Waals surface area (Å²) in [5, 5.41) is 17.2. The number of unbranched alkanes of at least 4 members (excludes halogenated alkanes) is 1. The molecule has 1 rings (SSSR count). The summed E-state index contributed by atoms with van der Waals surface area (Å²) >= 11 is 0. The first-order valence-electron chi connectivity index (χ1n) is 4.74. The van der Waals surface area contributed by atoms with E-state index in [1.807, 2.05) is 0 Å². The maximum atomic E-state index is 11.3. The van der Waals surface area contributed by atoms with E-state index in [-0.39, 0.29) is 30.2 Å². The molecule has 0 atom stereocenters. The van der Waals surface area contributed by atoms with Crippen LogP contribution in [0.3, 0.4) is 0 Å². The third-order valence-electron chi connectivity index (χ3n) is 1.82. The highest BCUT2D eigenvalue weighted by molar-refractivity contribution is 5.17. The Labute approximate surface area is 86.9 Å². The van der Waals surface area contributed by atoms with Crippen molar-refractivity contribution in [3.8, 4) is 5.75 Å². The monoisotopic (exact) mass is 214 g/mol. The summed E-state index contributed by atoms with van der Waals surface area (Å²) in [5.74, 6) is 0.341. The molecule has 1 heterocycles. The van der Waals surface area contributed by atoms with Crippen molar-refractivity contribution < 1.29 is 19.4 Å². The molecule has 5 heteroatoms. The largest absolute Gasteiger partial charge is 0.487 e. The van der Waals surface area contributed by atoms with Crippen LogP contribution in [0, 0.1) is 0 Å². The predicted octanol–water partition coefficient (Wildman–Crippen LogP) is 0.283. The molecule has 84 valence electrons. The Kier molecular flexibility index (Phi) is 4.86. The maximum Gasteiger partial charge on any atom is 0.227 e. The van der Waals surface area contributed by atoms with E-state index in [0.29, 0.717) is 19.4 Å². The van der Waals surface area contributed by atoms with Gasteiger partial charge in [0.1, 0.15) is 18.6 Å². The van der Waals surface area contributed by atoms with Gasteiger partial charge in [-0.1, -0.05) is 0 Å². The molecular weight excluding hydrogens is 200 g/mol. The van der Waals surface area contributed by atoms with Gasteiger partial charge >= 0.3 is 0 Å². The van der Waals surface area contributed by atoms with Crippen LogP contribution in [0.1, 0.15) is 18.6 Å². The predicted molar refractivity (Wildman–Crippen MR) is 52.7 cm³/mol. The minimum Gasteiger partial charge on any atom is -0.487 e. The van der Waals surface area contributed by atoms with Crippen LogP contribution in [0.25, 0.3) is 0 Å². The summed E-state index contributed by atoms with van der Waals surface area (Å²) in [5.41, 5.74) is -0.311. The Hall–Kier alpha value is -1.33. The number of ether oxygens (including phenoxy) is 1. The van der Waals surface area contributed by atoms with Crippen LogP contribution in [-0.2, 0) is 6.61 Å². The average Bonchev–Trinajstić information content (AvgIpc) is 2.26. The first-order valence-corrected chi connectivity index (χ1v) is 4.74. The van der Waals surface area contributed by atoms with Crippen LogP contribution in [-0.4, -0.2) is 23.4 Å². The van der Waals surface area contributed by atoms with Gasteiger partial charge in [0.05, 0.1) is 6.61 Å². The molecule has 1 aromatic rings. The van der Waals surface area contributed by atoms with Crippen LogP contribution in [0.5, 0.6) is 5.75 Å². The van der Waals surface area contributed by atoms with Gasteiger partial charge in [-0.3, -0.25) is 4.79 Å². The van der Waals surface area contributed by atoms with E-state index in [2.05, 4.69) is 0 Å². The normalized spacial score (nSPS) is 10.3. The molecule has 0 aliphatic rings. The summed E-state index contributed by atoms with van der Waals surface area (Å²) in [7, 11) is 0. The maximum absolute atomic E-state index is 11.3. The second kappa shape index (κ2) is 6.21. The number of rotatable bonds is 6. The van der Waals surface area contributed by atoms with Gasteiger partial charge in [0.25, 0.3) is 0 Å². The first kappa shape index (κ1) is 11.7. The zero-order chi connectivity index (χ0) is 11.1. The molecule has 15 heavy (non-hydrogen) atoms. The number of aliphatic hydroxyl groups is 2. The van der Waals surface area contributed by atoms with Crippen molar-refractivity contribution in [2.75, 3.05) is 13.2 Å².